The number of carboxylic acids is 1. The number of aliphatic carboxylic acids is 1. The fourth-order valence-corrected chi connectivity index (χ4v) is 2.20. The minimum absolute atomic E-state index is 0.169. The van der Waals surface area contributed by atoms with E-state index in [-0.39, 0.29) is 6.79 Å². The van der Waals surface area contributed by atoms with E-state index in [9.17, 15) is 9.90 Å². The Hall–Kier alpha value is -2.69. The van der Waals surface area contributed by atoms with Gasteiger partial charge in [0.2, 0.25) is 6.79 Å². The number of hydrogen-bond acceptors (Lipinski definition) is 4. The average molecular weight is 285 g/mol. The van der Waals surface area contributed by atoms with Gasteiger partial charge in [0.25, 0.3) is 0 Å². The highest BCUT2D eigenvalue weighted by atomic mass is 16.7. The van der Waals surface area contributed by atoms with Gasteiger partial charge < -0.3 is 19.9 Å². The molecule has 1 unspecified atom stereocenters. The minimum Gasteiger partial charge on any atom is -0.479 e. The van der Waals surface area contributed by atoms with Crippen LogP contribution in [0.2, 0.25) is 0 Å². The molecule has 2 aromatic carbocycles. The van der Waals surface area contributed by atoms with Gasteiger partial charge in [-0.3, -0.25) is 0 Å². The molecule has 0 saturated heterocycles. The number of fused-ring (bicyclic) bond motifs is 1. The van der Waals surface area contributed by atoms with Gasteiger partial charge in [0.15, 0.2) is 17.5 Å². The van der Waals surface area contributed by atoms with Crippen molar-refractivity contribution in [1.29, 1.82) is 0 Å². The number of nitrogens with one attached hydrogen (secondary N) is 1. The molecular weight excluding hydrogens is 270 g/mol. The number of anilines is 1. The SMILES string of the molecule is Cc1ccc(NC(C(=O)O)c2ccc3c(c2)OCO3)cc1. The van der Waals surface area contributed by atoms with Crippen LogP contribution in [0.25, 0.3) is 0 Å². The van der Waals surface area contributed by atoms with Crippen LogP contribution in [0.5, 0.6) is 11.5 Å². The fourth-order valence-electron chi connectivity index (χ4n) is 2.20. The molecule has 1 aliphatic heterocycles. The maximum atomic E-state index is 11.5. The Balaban J connectivity index is 1.87. The summed E-state index contributed by atoms with van der Waals surface area (Å²) in [6.45, 7) is 2.15. The van der Waals surface area contributed by atoms with E-state index < -0.39 is 12.0 Å². The maximum absolute atomic E-state index is 11.5. The van der Waals surface area contributed by atoms with Crippen molar-refractivity contribution in [2.24, 2.45) is 0 Å². The lowest BCUT2D eigenvalue weighted by Gasteiger charge is -2.16. The molecule has 0 aromatic heterocycles. The molecule has 0 saturated carbocycles. The quantitative estimate of drug-likeness (QED) is 0.904. The highest BCUT2D eigenvalue weighted by Gasteiger charge is 2.23. The van der Waals surface area contributed by atoms with Crippen LogP contribution in [-0.2, 0) is 4.79 Å². The van der Waals surface area contributed by atoms with Crippen molar-refractivity contribution < 1.29 is 19.4 Å². The summed E-state index contributed by atoms with van der Waals surface area (Å²) in [4.78, 5) is 11.5. The Morgan fingerprint density at radius 2 is 1.86 bits per heavy atom. The zero-order valence-electron chi connectivity index (χ0n) is 11.5. The lowest BCUT2D eigenvalue weighted by molar-refractivity contribution is -0.138. The van der Waals surface area contributed by atoms with E-state index >= 15 is 0 Å². The molecule has 2 N–H and O–H groups in total. The van der Waals surface area contributed by atoms with Crippen LogP contribution in [0.4, 0.5) is 5.69 Å². The molecule has 0 fully saturated rings. The first kappa shape index (κ1) is 13.3. The van der Waals surface area contributed by atoms with Crippen LogP contribution in [0, 0.1) is 6.92 Å². The predicted octanol–water partition coefficient (Wildman–Crippen LogP) is 2.96. The molecule has 1 atom stereocenters. The minimum atomic E-state index is -0.950. The smallest absolute Gasteiger partial charge is 0.330 e. The van der Waals surface area contributed by atoms with Crippen LogP contribution < -0.4 is 14.8 Å². The van der Waals surface area contributed by atoms with Gasteiger partial charge in [-0.2, -0.15) is 0 Å². The summed E-state index contributed by atoms with van der Waals surface area (Å²) in [6.07, 6.45) is 0. The molecule has 5 heteroatoms. The standard InChI is InChI=1S/C16H15NO4/c1-10-2-5-12(6-3-10)17-15(16(18)19)11-4-7-13-14(8-11)21-9-20-13/h2-8,15,17H,9H2,1H3,(H,18,19). The number of carbonyl (C=O) groups is 1. The van der Waals surface area contributed by atoms with Crippen LogP contribution >= 0.6 is 0 Å². The number of carboxylic acid groups (broad SMARTS) is 1. The molecule has 1 heterocycles. The summed E-state index contributed by atoms with van der Waals surface area (Å²) in [5, 5.41) is 12.5. The second-order valence-corrected chi connectivity index (χ2v) is 4.89. The van der Waals surface area contributed by atoms with Crippen LogP contribution in [0.3, 0.4) is 0 Å². The van der Waals surface area contributed by atoms with E-state index in [1.807, 2.05) is 31.2 Å². The van der Waals surface area contributed by atoms with E-state index in [1.165, 1.54) is 0 Å². The van der Waals surface area contributed by atoms with Gasteiger partial charge in [-0.05, 0) is 36.8 Å². The van der Waals surface area contributed by atoms with Gasteiger partial charge in [-0.1, -0.05) is 23.8 Å². The molecule has 21 heavy (non-hydrogen) atoms. The monoisotopic (exact) mass is 285 g/mol. The highest BCUT2D eigenvalue weighted by Crippen LogP contribution is 2.35. The molecule has 5 nitrogen and oxygen atoms in total. The molecule has 0 radical (unpaired) electrons. The summed E-state index contributed by atoms with van der Waals surface area (Å²) in [5.74, 6) is 0.261. The number of ether oxygens (including phenoxy) is 2. The molecule has 3 rings (SSSR count). The third-order valence-electron chi connectivity index (χ3n) is 3.34. The molecule has 0 aliphatic carbocycles. The molecule has 1 aliphatic rings. The van der Waals surface area contributed by atoms with Gasteiger partial charge in [-0.25, -0.2) is 4.79 Å². The Morgan fingerprint density at radius 3 is 2.57 bits per heavy atom. The average Bonchev–Trinajstić information content (AvgIpc) is 2.93. The zero-order chi connectivity index (χ0) is 14.8. The van der Waals surface area contributed by atoms with Crippen molar-refractivity contribution in [2.45, 2.75) is 13.0 Å². The van der Waals surface area contributed by atoms with Gasteiger partial charge in [0, 0.05) is 5.69 Å². The van der Waals surface area contributed by atoms with Crippen molar-refractivity contribution >= 4 is 11.7 Å². The number of aryl methyl sites for hydroxylation is 1. The summed E-state index contributed by atoms with van der Waals surface area (Å²) < 4.78 is 10.5. The fraction of sp³-hybridized carbons (Fsp3) is 0.188. The zero-order valence-corrected chi connectivity index (χ0v) is 11.5. The Kier molecular flexibility index (Phi) is 3.39. The second kappa shape index (κ2) is 5.36. The lowest BCUT2D eigenvalue weighted by atomic mass is 10.1. The number of rotatable bonds is 4. The molecule has 0 bridgehead atoms. The Bertz CT molecular complexity index is 666. The van der Waals surface area contributed by atoms with Gasteiger partial charge in [0.1, 0.15) is 0 Å². The second-order valence-electron chi connectivity index (χ2n) is 4.89. The van der Waals surface area contributed by atoms with Crippen LogP contribution in [-0.4, -0.2) is 17.9 Å². The topological polar surface area (TPSA) is 67.8 Å². The van der Waals surface area contributed by atoms with E-state index in [2.05, 4.69) is 5.32 Å². The van der Waals surface area contributed by atoms with E-state index in [4.69, 9.17) is 9.47 Å². The first-order valence-corrected chi connectivity index (χ1v) is 6.59. The van der Waals surface area contributed by atoms with E-state index in [1.54, 1.807) is 18.2 Å². The van der Waals surface area contributed by atoms with Crippen molar-refractivity contribution in [3.8, 4) is 11.5 Å². The molecular formula is C16H15NO4. The van der Waals surface area contributed by atoms with Gasteiger partial charge >= 0.3 is 5.97 Å². The highest BCUT2D eigenvalue weighted by molar-refractivity contribution is 5.79. The number of hydrogen-bond donors (Lipinski definition) is 2. The molecule has 108 valence electrons. The first-order valence-electron chi connectivity index (χ1n) is 6.59. The van der Waals surface area contributed by atoms with E-state index in [0.29, 0.717) is 17.1 Å². The lowest BCUT2D eigenvalue weighted by Crippen LogP contribution is -2.20. The Morgan fingerprint density at radius 1 is 1.14 bits per heavy atom. The molecule has 0 amide bonds. The van der Waals surface area contributed by atoms with Gasteiger partial charge in [0.05, 0.1) is 0 Å². The Labute approximate surface area is 122 Å². The largest absolute Gasteiger partial charge is 0.479 e. The summed E-state index contributed by atoms with van der Waals surface area (Å²) in [5.41, 5.74) is 2.49. The number of benzene rings is 2. The summed E-state index contributed by atoms with van der Waals surface area (Å²) in [6, 6.07) is 11.9. The summed E-state index contributed by atoms with van der Waals surface area (Å²) >= 11 is 0. The maximum Gasteiger partial charge on any atom is 0.330 e. The van der Waals surface area contributed by atoms with Crippen molar-refractivity contribution in [1.82, 2.24) is 0 Å². The van der Waals surface area contributed by atoms with Gasteiger partial charge in [-0.15, -0.1) is 0 Å². The van der Waals surface area contributed by atoms with E-state index in [0.717, 1.165) is 11.3 Å². The summed E-state index contributed by atoms with van der Waals surface area (Å²) in [7, 11) is 0. The predicted molar refractivity (Wildman–Crippen MR) is 77.7 cm³/mol. The first-order chi connectivity index (χ1) is 10.1. The molecule has 2 aromatic rings. The molecule has 0 spiro atoms. The van der Waals surface area contributed by atoms with Crippen molar-refractivity contribution in [3.05, 3.63) is 53.6 Å². The third-order valence-corrected chi connectivity index (χ3v) is 3.34. The van der Waals surface area contributed by atoms with Crippen molar-refractivity contribution in [3.63, 3.8) is 0 Å². The van der Waals surface area contributed by atoms with Crippen LogP contribution in [0.1, 0.15) is 17.2 Å². The normalized spacial score (nSPS) is 13.8. The van der Waals surface area contributed by atoms with Crippen molar-refractivity contribution in [2.75, 3.05) is 12.1 Å². The third kappa shape index (κ3) is 2.76. The van der Waals surface area contributed by atoms with Crippen LogP contribution in [0.15, 0.2) is 42.5 Å².